The SMILES string of the molecule is CCCNc1ncc(C(=O)N(C)CCCOC)cc1Cl. The molecule has 0 fully saturated rings. The molecule has 0 unspecified atom stereocenters. The molecule has 1 amide bonds. The predicted octanol–water partition coefficient (Wildman–Crippen LogP) is 2.67. The van der Waals surface area contributed by atoms with E-state index < -0.39 is 0 Å². The fourth-order valence-corrected chi connectivity index (χ4v) is 1.93. The van der Waals surface area contributed by atoms with E-state index in [1.165, 1.54) is 0 Å². The third-order valence-electron chi connectivity index (χ3n) is 2.82. The number of amides is 1. The van der Waals surface area contributed by atoms with Crippen LogP contribution in [0.2, 0.25) is 5.02 Å². The molecule has 0 aliphatic heterocycles. The normalized spacial score (nSPS) is 10.4. The quantitative estimate of drug-likeness (QED) is 0.750. The number of ether oxygens (including phenoxy) is 1. The molecule has 1 N–H and O–H groups in total. The van der Waals surface area contributed by atoms with Crippen molar-refractivity contribution in [3.05, 3.63) is 22.8 Å². The predicted molar refractivity (Wildman–Crippen MR) is 81.5 cm³/mol. The number of rotatable bonds is 8. The van der Waals surface area contributed by atoms with Crippen molar-refractivity contribution in [2.45, 2.75) is 19.8 Å². The average Bonchev–Trinajstić information content (AvgIpc) is 2.45. The Labute approximate surface area is 125 Å². The van der Waals surface area contributed by atoms with Crippen molar-refractivity contribution in [1.82, 2.24) is 9.88 Å². The summed E-state index contributed by atoms with van der Waals surface area (Å²) in [5.74, 6) is 0.532. The molecule has 6 heteroatoms. The molecule has 0 bridgehead atoms. The molecule has 0 spiro atoms. The van der Waals surface area contributed by atoms with Gasteiger partial charge in [0, 0.05) is 40.1 Å². The number of halogens is 1. The van der Waals surface area contributed by atoms with Gasteiger partial charge in [-0.15, -0.1) is 0 Å². The zero-order valence-electron chi connectivity index (χ0n) is 12.3. The Bertz CT molecular complexity index is 440. The van der Waals surface area contributed by atoms with E-state index in [1.807, 2.05) is 0 Å². The van der Waals surface area contributed by atoms with Crippen molar-refractivity contribution in [3.63, 3.8) is 0 Å². The van der Waals surface area contributed by atoms with E-state index in [1.54, 1.807) is 31.3 Å². The smallest absolute Gasteiger partial charge is 0.255 e. The first kappa shape index (κ1) is 16.7. The van der Waals surface area contributed by atoms with Crippen molar-refractivity contribution in [2.24, 2.45) is 0 Å². The molecule has 1 heterocycles. The van der Waals surface area contributed by atoms with Crippen molar-refractivity contribution in [3.8, 4) is 0 Å². The maximum absolute atomic E-state index is 12.2. The van der Waals surface area contributed by atoms with E-state index in [0.29, 0.717) is 29.6 Å². The fraction of sp³-hybridized carbons (Fsp3) is 0.571. The highest BCUT2D eigenvalue weighted by Gasteiger charge is 2.13. The topological polar surface area (TPSA) is 54.5 Å². The summed E-state index contributed by atoms with van der Waals surface area (Å²) >= 11 is 6.12. The molecule has 1 aromatic rings. The maximum atomic E-state index is 12.2. The van der Waals surface area contributed by atoms with Crippen LogP contribution in [-0.4, -0.2) is 49.6 Å². The van der Waals surface area contributed by atoms with Gasteiger partial charge in [0.1, 0.15) is 5.82 Å². The van der Waals surface area contributed by atoms with Gasteiger partial charge in [0.2, 0.25) is 0 Å². The lowest BCUT2D eigenvalue weighted by Crippen LogP contribution is -2.28. The van der Waals surface area contributed by atoms with Gasteiger partial charge in [0.15, 0.2) is 0 Å². The van der Waals surface area contributed by atoms with E-state index in [9.17, 15) is 4.79 Å². The summed E-state index contributed by atoms with van der Waals surface area (Å²) in [5, 5.41) is 3.58. The van der Waals surface area contributed by atoms with E-state index in [0.717, 1.165) is 19.4 Å². The number of aromatic nitrogens is 1. The van der Waals surface area contributed by atoms with Crippen LogP contribution in [0, 0.1) is 0 Å². The maximum Gasteiger partial charge on any atom is 0.255 e. The third kappa shape index (κ3) is 4.98. The molecule has 0 aliphatic rings. The molecular weight excluding hydrogens is 278 g/mol. The number of hydrogen-bond donors (Lipinski definition) is 1. The van der Waals surface area contributed by atoms with Gasteiger partial charge in [0.25, 0.3) is 5.91 Å². The summed E-state index contributed by atoms with van der Waals surface area (Å²) in [4.78, 5) is 18.0. The molecular formula is C14H22ClN3O2. The monoisotopic (exact) mass is 299 g/mol. The molecule has 0 saturated carbocycles. The Morgan fingerprint density at radius 1 is 1.55 bits per heavy atom. The second kappa shape index (κ2) is 8.76. The highest BCUT2D eigenvalue weighted by Crippen LogP contribution is 2.20. The summed E-state index contributed by atoms with van der Waals surface area (Å²) in [6, 6.07) is 1.65. The van der Waals surface area contributed by atoms with Gasteiger partial charge in [-0.3, -0.25) is 4.79 Å². The van der Waals surface area contributed by atoms with Crippen LogP contribution >= 0.6 is 11.6 Å². The zero-order chi connectivity index (χ0) is 15.0. The Morgan fingerprint density at radius 2 is 2.30 bits per heavy atom. The second-order valence-corrected chi connectivity index (χ2v) is 4.96. The Kier molecular flexibility index (Phi) is 7.33. The minimum atomic E-state index is -0.0856. The molecule has 112 valence electrons. The van der Waals surface area contributed by atoms with E-state index in [-0.39, 0.29) is 5.91 Å². The molecule has 20 heavy (non-hydrogen) atoms. The number of carbonyl (C=O) groups excluding carboxylic acids is 1. The molecule has 0 radical (unpaired) electrons. The molecule has 0 atom stereocenters. The molecule has 0 saturated heterocycles. The standard InChI is InChI=1S/C14H22ClN3O2/c1-4-6-16-13-12(15)9-11(10-17-13)14(19)18(2)7-5-8-20-3/h9-10H,4-8H2,1-3H3,(H,16,17). The summed E-state index contributed by atoms with van der Waals surface area (Å²) in [7, 11) is 3.41. The van der Waals surface area contributed by atoms with Crippen LogP contribution in [-0.2, 0) is 4.74 Å². The van der Waals surface area contributed by atoms with Crippen LogP contribution in [0.5, 0.6) is 0 Å². The summed E-state index contributed by atoms with van der Waals surface area (Å²) in [5.41, 5.74) is 0.497. The Morgan fingerprint density at radius 3 is 2.90 bits per heavy atom. The summed E-state index contributed by atoms with van der Waals surface area (Å²) < 4.78 is 4.97. The van der Waals surface area contributed by atoms with Gasteiger partial charge in [-0.25, -0.2) is 4.98 Å². The lowest BCUT2D eigenvalue weighted by molar-refractivity contribution is 0.0779. The lowest BCUT2D eigenvalue weighted by Gasteiger charge is -2.17. The Hall–Kier alpha value is -1.33. The van der Waals surface area contributed by atoms with Gasteiger partial charge in [-0.05, 0) is 18.9 Å². The number of hydrogen-bond acceptors (Lipinski definition) is 4. The van der Waals surface area contributed by atoms with Gasteiger partial charge in [-0.1, -0.05) is 18.5 Å². The highest BCUT2D eigenvalue weighted by molar-refractivity contribution is 6.33. The van der Waals surface area contributed by atoms with Crippen molar-refractivity contribution in [2.75, 3.05) is 39.2 Å². The molecule has 5 nitrogen and oxygen atoms in total. The van der Waals surface area contributed by atoms with Crippen LogP contribution in [0.4, 0.5) is 5.82 Å². The first-order valence-corrected chi connectivity index (χ1v) is 7.11. The highest BCUT2D eigenvalue weighted by atomic mass is 35.5. The molecule has 0 aromatic carbocycles. The van der Waals surface area contributed by atoms with Gasteiger partial charge in [-0.2, -0.15) is 0 Å². The summed E-state index contributed by atoms with van der Waals surface area (Å²) in [6.07, 6.45) is 3.34. The first-order chi connectivity index (χ1) is 9.60. The van der Waals surface area contributed by atoms with Crippen molar-refractivity contribution < 1.29 is 9.53 Å². The fourth-order valence-electron chi connectivity index (χ4n) is 1.70. The first-order valence-electron chi connectivity index (χ1n) is 6.74. The van der Waals surface area contributed by atoms with Gasteiger partial charge < -0.3 is 15.0 Å². The van der Waals surface area contributed by atoms with E-state index in [4.69, 9.17) is 16.3 Å². The lowest BCUT2D eigenvalue weighted by atomic mass is 10.2. The molecule has 1 rings (SSSR count). The minimum Gasteiger partial charge on any atom is -0.385 e. The number of carbonyl (C=O) groups is 1. The second-order valence-electron chi connectivity index (χ2n) is 4.55. The van der Waals surface area contributed by atoms with Crippen LogP contribution in [0.25, 0.3) is 0 Å². The number of methoxy groups -OCH3 is 1. The number of anilines is 1. The average molecular weight is 300 g/mol. The number of nitrogens with zero attached hydrogens (tertiary/aromatic N) is 2. The van der Waals surface area contributed by atoms with Gasteiger partial charge in [0.05, 0.1) is 10.6 Å². The molecule has 0 aliphatic carbocycles. The summed E-state index contributed by atoms with van der Waals surface area (Å²) in [6.45, 7) is 4.14. The van der Waals surface area contributed by atoms with Gasteiger partial charge >= 0.3 is 0 Å². The minimum absolute atomic E-state index is 0.0856. The van der Waals surface area contributed by atoms with Crippen molar-refractivity contribution in [1.29, 1.82) is 0 Å². The van der Waals surface area contributed by atoms with Crippen LogP contribution in [0.3, 0.4) is 0 Å². The third-order valence-corrected chi connectivity index (χ3v) is 3.11. The van der Waals surface area contributed by atoms with E-state index >= 15 is 0 Å². The van der Waals surface area contributed by atoms with Crippen LogP contribution in [0.1, 0.15) is 30.1 Å². The zero-order valence-corrected chi connectivity index (χ0v) is 13.0. The largest absolute Gasteiger partial charge is 0.385 e. The molecule has 1 aromatic heterocycles. The number of nitrogens with one attached hydrogen (secondary N) is 1. The van der Waals surface area contributed by atoms with Crippen molar-refractivity contribution >= 4 is 23.3 Å². The Balaban J connectivity index is 2.66. The van der Waals surface area contributed by atoms with Crippen LogP contribution in [0.15, 0.2) is 12.3 Å². The van der Waals surface area contributed by atoms with E-state index in [2.05, 4.69) is 17.2 Å². The van der Waals surface area contributed by atoms with Crippen LogP contribution < -0.4 is 5.32 Å². The number of pyridine rings is 1.